The molecule has 0 spiro atoms. The minimum atomic E-state index is -2.74. The Labute approximate surface area is 61.3 Å². The smallest absolute Gasteiger partial charge is 0.152 e. The van der Waals surface area contributed by atoms with Crippen LogP contribution in [-0.2, 0) is 14.6 Å². The van der Waals surface area contributed by atoms with Gasteiger partial charge in [-0.2, -0.15) is 0 Å². The molecule has 60 valence electrons. The van der Waals surface area contributed by atoms with E-state index in [-0.39, 0.29) is 11.9 Å². The molecule has 1 saturated heterocycles. The average Bonchev–Trinajstić information content (AvgIpc) is 2.12. The van der Waals surface area contributed by atoms with Crippen molar-refractivity contribution in [3.05, 3.63) is 0 Å². The first kappa shape index (κ1) is 8.01. The Kier molecular flexibility index (Phi) is 2.31. The normalized spacial score (nSPS) is 30.7. The topological polar surface area (TPSA) is 43.4 Å². The van der Waals surface area contributed by atoms with Crippen molar-refractivity contribution in [3.63, 3.8) is 0 Å². The van der Waals surface area contributed by atoms with Crippen LogP contribution in [-0.4, -0.2) is 32.6 Å². The maximum Gasteiger partial charge on any atom is 0.152 e. The van der Waals surface area contributed by atoms with Crippen LogP contribution >= 0.6 is 0 Å². The van der Waals surface area contributed by atoms with Gasteiger partial charge in [0.05, 0.1) is 17.6 Å². The Morgan fingerprint density at radius 1 is 1.60 bits per heavy atom. The van der Waals surface area contributed by atoms with Crippen LogP contribution in [0.4, 0.5) is 0 Å². The van der Waals surface area contributed by atoms with Gasteiger partial charge in [0.15, 0.2) is 9.84 Å². The quantitative estimate of drug-likeness (QED) is 0.586. The third-order valence-corrected chi connectivity index (χ3v) is 3.33. The molecule has 0 bridgehead atoms. The van der Waals surface area contributed by atoms with Gasteiger partial charge in [-0.05, 0) is 13.3 Å². The monoisotopic (exact) mass is 164 g/mol. The summed E-state index contributed by atoms with van der Waals surface area (Å²) in [5.74, 6) is 0.526. The number of ether oxygens (including phenoxy) is 1. The molecule has 1 fully saturated rings. The van der Waals surface area contributed by atoms with E-state index >= 15 is 0 Å². The van der Waals surface area contributed by atoms with Crippen molar-refractivity contribution in [1.29, 1.82) is 0 Å². The summed E-state index contributed by atoms with van der Waals surface area (Å²) in [5, 5.41) is 0. The Morgan fingerprint density at radius 3 is 2.70 bits per heavy atom. The number of rotatable bonds is 2. The molecular formula is C6H12O3S. The predicted octanol–water partition coefficient (Wildman–Crippen LogP) is 0.210. The van der Waals surface area contributed by atoms with E-state index in [1.807, 2.05) is 6.92 Å². The van der Waals surface area contributed by atoms with Crippen LogP contribution in [0.3, 0.4) is 0 Å². The van der Waals surface area contributed by atoms with Crippen molar-refractivity contribution in [1.82, 2.24) is 0 Å². The zero-order valence-electron chi connectivity index (χ0n) is 6.04. The molecule has 0 radical (unpaired) electrons. The molecule has 0 saturated carbocycles. The second kappa shape index (κ2) is 2.88. The van der Waals surface area contributed by atoms with Gasteiger partial charge in [0.25, 0.3) is 0 Å². The molecular weight excluding hydrogens is 152 g/mol. The van der Waals surface area contributed by atoms with E-state index in [4.69, 9.17) is 4.74 Å². The van der Waals surface area contributed by atoms with Gasteiger partial charge in [0.2, 0.25) is 0 Å². The van der Waals surface area contributed by atoms with Crippen molar-refractivity contribution < 1.29 is 13.2 Å². The van der Waals surface area contributed by atoms with E-state index in [2.05, 4.69) is 0 Å². The lowest BCUT2D eigenvalue weighted by atomic mass is 10.3. The summed E-state index contributed by atoms with van der Waals surface area (Å²) < 4.78 is 26.8. The molecule has 1 rings (SSSR count). The van der Waals surface area contributed by atoms with E-state index in [0.29, 0.717) is 18.8 Å². The molecule has 0 amide bonds. The Balaban J connectivity index is 2.44. The van der Waals surface area contributed by atoms with Crippen LogP contribution in [0.15, 0.2) is 0 Å². The third-order valence-electron chi connectivity index (χ3n) is 1.59. The maximum absolute atomic E-state index is 10.8. The van der Waals surface area contributed by atoms with E-state index in [1.165, 1.54) is 0 Å². The Bertz CT molecular complexity index is 195. The Morgan fingerprint density at radius 2 is 2.30 bits per heavy atom. The summed E-state index contributed by atoms with van der Waals surface area (Å²) in [4.78, 5) is 0. The molecule has 1 heterocycles. The summed E-state index contributed by atoms with van der Waals surface area (Å²) in [7, 11) is -2.74. The Hall–Kier alpha value is -0.0900. The molecule has 3 nitrogen and oxygen atoms in total. The first-order chi connectivity index (χ1) is 4.64. The summed E-state index contributed by atoms with van der Waals surface area (Å²) in [5.41, 5.74) is 0. The van der Waals surface area contributed by atoms with Gasteiger partial charge in [0.1, 0.15) is 0 Å². The highest BCUT2D eigenvalue weighted by molar-refractivity contribution is 7.91. The van der Waals surface area contributed by atoms with Gasteiger partial charge in [0, 0.05) is 6.61 Å². The van der Waals surface area contributed by atoms with Crippen molar-refractivity contribution in [3.8, 4) is 0 Å². The van der Waals surface area contributed by atoms with Crippen molar-refractivity contribution in [2.45, 2.75) is 19.4 Å². The lowest BCUT2D eigenvalue weighted by Crippen LogP contribution is -2.13. The third kappa shape index (κ3) is 1.95. The minimum absolute atomic E-state index is 0.0324. The second-order valence-corrected chi connectivity index (χ2v) is 4.71. The van der Waals surface area contributed by atoms with Crippen LogP contribution in [0.5, 0.6) is 0 Å². The molecule has 1 aliphatic rings. The van der Waals surface area contributed by atoms with Crippen LogP contribution in [0, 0.1) is 0 Å². The lowest BCUT2D eigenvalue weighted by Gasteiger charge is -2.05. The molecule has 0 aromatic heterocycles. The van der Waals surface area contributed by atoms with E-state index in [0.717, 1.165) is 0 Å². The highest BCUT2D eigenvalue weighted by Gasteiger charge is 2.27. The lowest BCUT2D eigenvalue weighted by molar-refractivity contribution is 0.0816. The van der Waals surface area contributed by atoms with Gasteiger partial charge in [-0.25, -0.2) is 8.42 Å². The molecule has 0 aliphatic carbocycles. The molecule has 1 aliphatic heterocycles. The molecule has 0 aromatic carbocycles. The van der Waals surface area contributed by atoms with E-state index in [9.17, 15) is 8.42 Å². The number of hydrogen-bond donors (Lipinski definition) is 0. The molecule has 4 heteroatoms. The SMILES string of the molecule is CCO[C@H]1CCS(=O)(=O)C1. The first-order valence-electron chi connectivity index (χ1n) is 3.46. The van der Waals surface area contributed by atoms with Gasteiger partial charge < -0.3 is 4.74 Å². The second-order valence-electron chi connectivity index (χ2n) is 2.48. The van der Waals surface area contributed by atoms with Crippen LogP contribution in [0.1, 0.15) is 13.3 Å². The molecule has 0 unspecified atom stereocenters. The zero-order chi connectivity index (χ0) is 7.61. The van der Waals surface area contributed by atoms with Gasteiger partial charge >= 0.3 is 0 Å². The summed E-state index contributed by atoms with van der Waals surface area (Å²) in [6.07, 6.45) is 0.644. The van der Waals surface area contributed by atoms with E-state index in [1.54, 1.807) is 0 Å². The van der Waals surface area contributed by atoms with Crippen LogP contribution < -0.4 is 0 Å². The van der Waals surface area contributed by atoms with Crippen LogP contribution in [0.25, 0.3) is 0 Å². The minimum Gasteiger partial charge on any atom is -0.377 e. The zero-order valence-corrected chi connectivity index (χ0v) is 6.86. The summed E-state index contributed by atoms with van der Waals surface area (Å²) in [6, 6.07) is 0. The van der Waals surface area contributed by atoms with Crippen molar-refractivity contribution in [2.75, 3.05) is 18.1 Å². The highest BCUT2D eigenvalue weighted by Crippen LogP contribution is 2.13. The summed E-state index contributed by atoms with van der Waals surface area (Å²) >= 11 is 0. The standard InChI is InChI=1S/C6H12O3S/c1-2-9-6-3-4-10(7,8)5-6/h6H,2-5H2,1H3/t6-/m0/s1. The fraction of sp³-hybridized carbons (Fsp3) is 1.00. The molecule has 0 N–H and O–H groups in total. The first-order valence-corrected chi connectivity index (χ1v) is 5.28. The van der Waals surface area contributed by atoms with Crippen LogP contribution in [0.2, 0.25) is 0 Å². The fourth-order valence-electron chi connectivity index (χ4n) is 1.13. The highest BCUT2D eigenvalue weighted by atomic mass is 32.2. The number of hydrogen-bond acceptors (Lipinski definition) is 3. The molecule has 10 heavy (non-hydrogen) atoms. The fourth-order valence-corrected chi connectivity index (χ4v) is 2.75. The summed E-state index contributed by atoms with van der Waals surface area (Å²) in [6.45, 7) is 2.49. The van der Waals surface area contributed by atoms with E-state index < -0.39 is 9.84 Å². The van der Waals surface area contributed by atoms with Gasteiger partial charge in [-0.15, -0.1) is 0 Å². The van der Waals surface area contributed by atoms with Gasteiger partial charge in [-0.1, -0.05) is 0 Å². The van der Waals surface area contributed by atoms with Gasteiger partial charge in [-0.3, -0.25) is 0 Å². The maximum atomic E-state index is 10.8. The van der Waals surface area contributed by atoms with Crippen molar-refractivity contribution in [2.24, 2.45) is 0 Å². The largest absolute Gasteiger partial charge is 0.377 e. The molecule has 0 aromatic rings. The number of sulfone groups is 1. The average molecular weight is 164 g/mol. The molecule has 1 atom stereocenters. The van der Waals surface area contributed by atoms with Crippen molar-refractivity contribution >= 4 is 9.84 Å². The predicted molar refractivity (Wildman–Crippen MR) is 38.7 cm³/mol.